The van der Waals surface area contributed by atoms with Crippen molar-refractivity contribution in [3.63, 3.8) is 0 Å². The van der Waals surface area contributed by atoms with Crippen molar-refractivity contribution in [2.24, 2.45) is 0 Å². The van der Waals surface area contributed by atoms with E-state index in [-0.39, 0.29) is 6.03 Å². The number of hydrogen-bond acceptors (Lipinski definition) is 3. The van der Waals surface area contributed by atoms with Gasteiger partial charge in [-0.3, -0.25) is 0 Å². The molecule has 0 saturated heterocycles. The van der Waals surface area contributed by atoms with Crippen LogP contribution in [0.2, 0.25) is 5.02 Å². The molecular formula is C19H21ClN2O3. The van der Waals surface area contributed by atoms with Crippen molar-refractivity contribution in [3.05, 3.63) is 58.6 Å². The van der Waals surface area contributed by atoms with Gasteiger partial charge < -0.3 is 19.7 Å². The van der Waals surface area contributed by atoms with E-state index >= 15 is 0 Å². The van der Waals surface area contributed by atoms with Crippen molar-refractivity contribution in [2.45, 2.75) is 13.0 Å². The van der Waals surface area contributed by atoms with Gasteiger partial charge in [0, 0.05) is 25.2 Å². The SMILES string of the molecule is CN(Cc1ccc2c(c1)OCCO2)C(=O)NCCc1cccc(Cl)c1. The van der Waals surface area contributed by atoms with Crippen molar-refractivity contribution >= 4 is 17.6 Å². The fourth-order valence-corrected chi connectivity index (χ4v) is 2.89. The molecule has 25 heavy (non-hydrogen) atoms. The van der Waals surface area contributed by atoms with Gasteiger partial charge in [-0.05, 0) is 41.8 Å². The van der Waals surface area contributed by atoms with E-state index in [1.54, 1.807) is 11.9 Å². The van der Waals surface area contributed by atoms with Crippen LogP contribution in [0.5, 0.6) is 11.5 Å². The average Bonchev–Trinajstić information content (AvgIpc) is 2.61. The molecule has 5 nitrogen and oxygen atoms in total. The Morgan fingerprint density at radius 2 is 1.92 bits per heavy atom. The summed E-state index contributed by atoms with van der Waals surface area (Å²) in [5.41, 5.74) is 2.10. The third-order valence-corrected chi connectivity index (χ3v) is 4.19. The monoisotopic (exact) mass is 360 g/mol. The lowest BCUT2D eigenvalue weighted by Gasteiger charge is -2.21. The molecule has 0 saturated carbocycles. The number of ether oxygens (including phenoxy) is 2. The lowest BCUT2D eigenvalue weighted by atomic mass is 10.1. The van der Waals surface area contributed by atoms with Gasteiger partial charge in [0.05, 0.1) is 0 Å². The van der Waals surface area contributed by atoms with Crippen LogP contribution in [0.3, 0.4) is 0 Å². The van der Waals surface area contributed by atoms with E-state index in [4.69, 9.17) is 21.1 Å². The third kappa shape index (κ3) is 4.79. The summed E-state index contributed by atoms with van der Waals surface area (Å²) < 4.78 is 11.1. The minimum atomic E-state index is -0.114. The molecule has 0 atom stereocenters. The topological polar surface area (TPSA) is 50.8 Å². The molecule has 2 aromatic rings. The zero-order chi connectivity index (χ0) is 17.6. The Kier molecular flexibility index (Phi) is 5.66. The Morgan fingerprint density at radius 1 is 1.12 bits per heavy atom. The molecule has 1 N–H and O–H groups in total. The fraction of sp³-hybridized carbons (Fsp3) is 0.316. The molecule has 3 rings (SSSR count). The summed E-state index contributed by atoms with van der Waals surface area (Å²) in [6.45, 7) is 2.18. The van der Waals surface area contributed by atoms with Gasteiger partial charge in [-0.2, -0.15) is 0 Å². The van der Waals surface area contributed by atoms with E-state index in [1.807, 2.05) is 42.5 Å². The highest BCUT2D eigenvalue weighted by Crippen LogP contribution is 2.31. The highest BCUT2D eigenvalue weighted by Gasteiger charge is 2.14. The number of fused-ring (bicyclic) bond motifs is 1. The molecule has 1 heterocycles. The summed E-state index contributed by atoms with van der Waals surface area (Å²) in [4.78, 5) is 13.9. The van der Waals surface area contributed by atoms with Crippen LogP contribution in [0, 0.1) is 0 Å². The van der Waals surface area contributed by atoms with E-state index < -0.39 is 0 Å². The summed E-state index contributed by atoms with van der Waals surface area (Å²) >= 11 is 5.96. The van der Waals surface area contributed by atoms with E-state index in [0.717, 1.165) is 29.0 Å². The van der Waals surface area contributed by atoms with Crippen LogP contribution in [0.4, 0.5) is 4.79 Å². The lowest BCUT2D eigenvalue weighted by molar-refractivity contribution is 0.171. The molecule has 0 aliphatic carbocycles. The Bertz CT molecular complexity index is 751. The number of hydrogen-bond donors (Lipinski definition) is 1. The predicted molar refractivity (Wildman–Crippen MR) is 97.5 cm³/mol. The summed E-state index contributed by atoms with van der Waals surface area (Å²) in [7, 11) is 1.77. The van der Waals surface area contributed by atoms with Crippen LogP contribution in [0.15, 0.2) is 42.5 Å². The molecule has 1 aliphatic rings. The van der Waals surface area contributed by atoms with Crippen molar-refractivity contribution in [1.82, 2.24) is 10.2 Å². The van der Waals surface area contributed by atoms with Gasteiger partial charge in [0.15, 0.2) is 11.5 Å². The van der Waals surface area contributed by atoms with E-state index in [9.17, 15) is 4.79 Å². The Hall–Kier alpha value is -2.40. The summed E-state index contributed by atoms with van der Waals surface area (Å²) in [6.07, 6.45) is 0.740. The minimum Gasteiger partial charge on any atom is -0.486 e. The molecule has 0 aromatic heterocycles. The first kappa shape index (κ1) is 17.4. The standard InChI is InChI=1S/C19H21ClN2O3/c1-22(13-15-5-6-17-18(12-15)25-10-9-24-17)19(23)21-8-7-14-3-2-4-16(20)11-14/h2-6,11-12H,7-10,13H2,1H3,(H,21,23). The van der Waals surface area contributed by atoms with Crippen LogP contribution in [0.1, 0.15) is 11.1 Å². The molecule has 0 fully saturated rings. The molecule has 0 unspecified atom stereocenters. The fourth-order valence-electron chi connectivity index (χ4n) is 2.67. The molecule has 2 amide bonds. The Morgan fingerprint density at radius 3 is 2.72 bits per heavy atom. The highest BCUT2D eigenvalue weighted by atomic mass is 35.5. The molecule has 0 radical (unpaired) electrons. The van der Waals surface area contributed by atoms with Crippen molar-refractivity contribution < 1.29 is 14.3 Å². The van der Waals surface area contributed by atoms with Gasteiger partial charge in [0.2, 0.25) is 0 Å². The number of halogens is 1. The second kappa shape index (κ2) is 8.12. The van der Waals surface area contributed by atoms with Crippen LogP contribution >= 0.6 is 11.6 Å². The molecule has 0 bridgehead atoms. The maximum absolute atomic E-state index is 12.2. The number of rotatable bonds is 5. The van der Waals surface area contributed by atoms with Gasteiger partial charge in [0.25, 0.3) is 0 Å². The molecular weight excluding hydrogens is 340 g/mol. The molecule has 2 aromatic carbocycles. The van der Waals surface area contributed by atoms with Gasteiger partial charge in [-0.15, -0.1) is 0 Å². The van der Waals surface area contributed by atoms with Crippen LogP contribution in [-0.2, 0) is 13.0 Å². The smallest absolute Gasteiger partial charge is 0.317 e. The minimum absolute atomic E-state index is 0.114. The first-order valence-electron chi connectivity index (χ1n) is 8.24. The first-order valence-corrected chi connectivity index (χ1v) is 8.61. The van der Waals surface area contributed by atoms with Crippen LogP contribution in [0.25, 0.3) is 0 Å². The lowest BCUT2D eigenvalue weighted by Crippen LogP contribution is -2.37. The Labute approximate surface area is 152 Å². The molecule has 6 heteroatoms. The molecule has 132 valence electrons. The van der Waals surface area contributed by atoms with Crippen LogP contribution < -0.4 is 14.8 Å². The molecule has 0 spiro atoms. The number of carbonyl (C=O) groups excluding carboxylic acids is 1. The predicted octanol–water partition coefficient (Wildman–Crippen LogP) is 3.50. The second-order valence-electron chi connectivity index (χ2n) is 5.95. The average molecular weight is 361 g/mol. The Balaban J connectivity index is 1.49. The van der Waals surface area contributed by atoms with Crippen molar-refractivity contribution in [2.75, 3.05) is 26.8 Å². The number of nitrogens with zero attached hydrogens (tertiary/aromatic N) is 1. The number of carbonyl (C=O) groups is 1. The van der Waals surface area contributed by atoms with Crippen LogP contribution in [-0.4, -0.2) is 37.7 Å². The largest absolute Gasteiger partial charge is 0.486 e. The quantitative estimate of drug-likeness (QED) is 0.887. The maximum atomic E-state index is 12.2. The summed E-state index contributed by atoms with van der Waals surface area (Å²) in [6, 6.07) is 13.3. The number of amides is 2. The normalized spacial score (nSPS) is 12.6. The summed E-state index contributed by atoms with van der Waals surface area (Å²) in [5.74, 6) is 1.49. The van der Waals surface area contributed by atoms with Gasteiger partial charge in [-0.25, -0.2) is 4.79 Å². The van der Waals surface area contributed by atoms with Crippen molar-refractivity contribution in [1.29, 1.82) is 0 Å². The van der Waals surface area contributed by atoms with E-state index in [0.29, 0.717) is 31.3 Å². The van der Waals surface area contributed by atoms with Gasteiger partial charge >= 0.3 is 6.03 Å². The summed E-state index contributed by atoms with van der Waals surface area (Å²) in [5, 5.41) is 3.63. The maximum Gasteiger partial charge on any atom is 0.317 e. The number of nitrogens with one attached hydrogen (secondary N) is 1. The van der Waals surface area contributed by atoms with Crippen molar-refractivity contribution in [3.8, 4) is 11.5 Å². The highest BCUT2D eigenvalue weighted by molar-refractivity contribution is 6.30. The van der Waals surface area contributed by atoms with Gasteiger partial charge in [-0.1, -0.05) is 29.8 Å². The zero-order valence-corrected chi connectivity index (χ0v) is 14.9. The number of benzene rings is 2. The molecule has 1 aliphatic heterocycles. The van der Waals surface area contributed by atoms with Gasteiger partial charge in [0.1, 0.15) is 13.2 Å². The first-order chi connectivity index (χ1) is 12.1. The van der Waals surface area contributed by atoms with E-state index in [2.05, 4.69) is 5.32 Å². The number of urea groups is 1. The van der Waals surface area contributed by atoms with E-state index in [1.165, 1.54) is 0 Å². The zero-order valence-electron chi connectivity index (χ0n) is 14.1. The second-order valence-corrected chi connectivity index (χ2v) is 6.38. The third-order valence-electron chi connectivity index (χ3n) is 3.95.